The van der Waals surface area contributed by atoms with E-state index in [4.69, 9.17) is 11.6 Å². The van der Waals surface area contributed by atoms with Crippen LogP contribution in [0.25, 0.3) is 0 Å². The molecule has 1 heterocycles. The van der Waals surface area contributed by atoms with Crippen molar-refractivity contribution in [1.82, 2.24) is 14.8 Å². The molecule has 3 nitrogen and oxygen atoms in total. The van der Waals surface area contributed by atoms with Crippen molar-refractivity contribution in [3.05, 3.63) is 11.1 Å². The Morgan fingerprint density at radius 1 is 1.29 bits per heavy atom. The quantitative estimate of drug-likeness (QED) is 0.760. The summed E-state index contributed by atoms with van der Waals surface area (Å²) in [4.78, 5) is 0. The van der Waals surface area contributed by atoms with E-state index in [1.807, 2.05) is 0 Å². The molecule has 2 rings (SSSR count). The molecule has 1 fully saturated rings. The SMILES string of the molecule is CC(C)(C)c1nnc(Cl)n1C1CCCC1(C)C. The first-order valence-corrected chi connectivity index (χ1v) is 6.72. The van der Waals surface area contributed by atoms with E-state index in [1.165, 1.54) is 19.3 Å². The van der Waals surface area contributed by atoms with E-state index in [1.54, 1.807) is 0 Å². The van der Waals surface area contributed by atoms with E-state index in [2.05, 4.69) is 49.4 Å². The number of halogens is 1. The summed E-state index contributed by atoms with van der Waals surface area (Å²) in [7, 11) is 0. The molecule has 1 aromatic rings. The van der Waals surface area contributed by atoms with E-state index in [0.717, 1.165) is 5.82 Å². The van der Waals surface area contributed by atoms with Crippen molar-refractivity contribution in [3.8, 4) is 0 Å². The molecule has 1 unspecified atom stereocenters. The number of hydrogen-bond acceptors (Lipinski definition) is 2. The van der Waals surface area contributed by atoms with Crippen LogP contribution in [0.4, 0.5) is 0 Å². The lowest BCUT2D eigenvalue weighted by Crippen LogP contribution is -2.27. The van der Waals surface area contributed by atoms with Gasteiger partial charge in [-0.25, -0.2) is 0 Å². The Morgan fingerprint density at radius 2 is 1.94 bits per heavy atom. The minimum absolute atomic E-state index is 0.0151. The molecule has 0 aromatic carbocycles. The van der Waals surface area contributed by atoms with Crippen molar-refractivity contribution < 1.29 is 0 Å². The van der Waals surface area contributed by atoms with Crippen molar-refractivity contribution in [1.29, 1.82) is 0 Å². The second kappa shape index (κ2) is 3.98. The van der Waals surface area contributed by atoms with Crippen molar-refractivity contribution in [2.45, 2.75) is 65.3 Å². The first-order chi connectivity index (χ1) is 7.73. The molecule has 1 atom stereocenters. The zero-order valence-corrected chi connectivity index (χ0v) is 12.2. The van der Waals surface area contributed by atoms with Gasteiger partial charge in [-0.2, -0.15) is 0 Å². The van der Waals surface area contributed by atoms with Crippen LogP contribution in [-0.2, 0) is 5.41 Å². The van der Waals surface area contributed by atoms with Crippen LogP contribution in [0, 0.1) is 5.41 Å². The van der Waals surface area contributed by atoms with Gasteiger partial charge in [0.1, 0.15) is 5.82 Å². The zero-order chi connectivity index (χ0) is 12.8. The average molecular weight is 256 g/mol. The molecule has 1 aliphatic rings. The van der Waals surface area contributed by atoms with Gasteiger partial charge in [0.25, 0.3) is 0 Å². The molecule has 4 heteroatoms. The van der Waals surface area contributed by atoms with Crippen molar-refractivity contribution in [2.24, 2.45) is 5.41 Å². The molecule has 0 bridgehead atoms. The van der Waals surface area contributed by atoms with Gasteiger partial charge in [-0.3, -0.25) is 4.57 Å². The number of aromatic nitrogens is 3. The highest BCUT2D eigenvalue weighted by Gasteiger charge is 2.39. The van der Waals surface area contributed by atoms with Crippen LogP contribution in [0.5, 0.6) is 0 Å². The van der Waals surface area contributed by atoms with Gasteiger partial charge in [-0.05, 0) is 29.9 Å². The lowest BCUT2D eigenvalue weighted by molar-refractivity contribution is 0.249. The minimum atomic E-state index is -0.0151. The summed E-state index contributed by atoms with van der Waals surface area (Å²) in [5.74, 6) is 1.00. The Balaban J connectivity index is 2.48. The minimum Gasteiger partial charge on any atom is -0.298 e. The molecule has 0 aliphatic heterocycles. The standard InChI is InChI=1S/C13H22ClN3/c1-12(2,3)10-15-16-11(14)17(10)9-7-6-8-13(9,4)5/h9H,6-8H2,1-5H3. The van der Waals surface area contributed by atoms with Crippen LogP contribution in [0.3, 0.4) is 0 Å². The third kappa shape index (κ3) is 2.22. The first kappa shape index (κ1) is 12.9. The van der Waals surface area contributed by atoms with Gasteiger partial charge in [-0.15, -0.1) is 10.2 Å². The molecule has 1 aromatic heterocycles. The monoisotopic (exact) mass is 255 g/mol. The molecule has 17 heavy (non-hydrogen) atoms. The molecule has 0 saturated heterocycles. The molecule has 0 N–H and O–H groups in total. The Morgan fingerprint density at radius 3 is 2.41 bits per heavy atom. The van der Waals surface area contributed by atoms with Crippen molar-refractivity contribution in [2.75, 3.05) is 0 Å². The summed E-state index contributed by atoms with van der Waals surface area (Å²) in [6.45, 7) is 11.1. The highest BCUT2D eigenvalue weighted by Crippen LogP contribution is 2.47. The average Bonchev–Trinajstić information content (AvgIpc) is 2.67. The van der Waals surface area contributed by atoms with E-state index in [-0.39, 0.29) is 10.8 Å². The lowest BCUT2D eigenvalue weighted by Gasteiger charge is -2.31. The number of hydrogen-bond donors (Lipinski definition) is 0. The summed E-state index contributed by atoms with van der Waals surface area (Å²) >= 11 is 6.25. The summed E-state index contributed by atoms with van der Waals surface area (Å²) in [5, 5.41) is 8.89. The summed E-state index contributed by atoms with van der Waals surface area (Å²) < 4.78 is 2.16. The third-order valence-corrected chi connectivity index (χ3v) is 4.10. The van der Waals surface area contributed by atoms with Crippen LogP contribution >= 0.6 is 11.6 Å². The fraction of sp³-hybridized carbons (Fsp3) is 0.846. The van der Waals surface area contributed by atoms with Gasteiger partial charge in [-0.1, -0.05) is 41.0 Å². The predicted octanol–water partition coefficient (Wildman–Crippen LogP) is 3.98. The van der Waals surface area contributed by atoms with Gasteiger partial charge in [0.15, 0.2) is 0 Å². The summed E-state index contributed by atoms with van der Waals surface area (Å²) in [6, 6.07) is 0.430. The highest BCUT2D eigenvalue weighted by atomic mass is 35.5. The largest absolute Gasteiger partial charge is 0.298 e. The van der Waals surface area contributed by atoms with E-state index >= 15 is 0 Å². The predicted molar refractivity (Wildman–Crippen MR) is 70.4 cm³/mol. The molecular formula is C13H22ClN3. The molecule has 0 spiro atoms. The molecule has 1 aliphatic carbocycles. The number of rotatable bonds is 1. The molecule has 96 valence electrons. The Hall–Kier alpha value is -0.570. The Bertz CT molecular complexity index is 415. The summed E-state index contributed by atoms with van der Waals surface area (Å²) in [6.07, 6.45) is 3.68. The maximum atomic E-state index is 6.25. The number of nitrogens with zero attached hydrogens (tertiary/aromatic N) is 3. The Kier molecular flexibility index (Phi) is 3.01. The van der Waals surface area contributed by atoms with E-state index < -0.39 is 0 Å². The molecule has 0 amide bonds. The zero-order valence-electron chi connectivity index (χ0n) is 11.4. The molecule has 0 radical (unpaired) electrons. The van der Waals surface area contributed by atoms with Crippen molar-refractivity contribution >= 4 is 11.6 Å². The van der Waals surface area contributed by atoms with Crippen LogP contribution in [-0.4, -0.2) is 14.8 Å². The first-order valence-electron chi connectivity index (χ1n) is 6.34. The van der Waals surface area contributed by atoms with Crippen molar-refractivity contribution in [3.63, 3.8) is 0 Å². The van der Waals surface area contributed by atoms with Crippen LogP contribution < -0.4 is 0 Å². The maximum Gasteiger partial charge on any atom is 0.225 e. The fourth-order valence-corrected chi connectivity index (χ4v) is 3.08. The van der Waals surface area contributed by atoms with Gasteiger partial charge in [0, 0.05) is 11.5 Å². The smallest absolute Gasteiger partial charge is 0.225 e. The normalized spacial score (nSPS) is 24.2. The third-order valence-electron chi connectivity index (χ3n) is 3.84. The molecular weight excluding hydrogens is 234 g/mol. The van der Waals surface area contributed by atoms with E-state index in [0.29, 0.717) is 11.3 Å². The van der Waals surface area contributed by atoms with Gasteiger partial charge in [0.2, 0.25) is 5.28 Å². The van der Waals surface area contributed by atoms with Gasteiger partial charge >= 0.3 is 0 Å². The van der Waals surface area contributed by atoms with Crippen LogP contribution in [0.15, 0.2) is 0 Å². The van der Waals surface area contributed by atoms with E-state index in [9.17, 15) is 0 Å². The summed E-state index contributed by atoms with van der Waals surface area (Å²) in [5.41, 5.74) is 0.269. The lowest BCUT2D eigenvalue weighted by atomic mass is 9.86. The van der Waals surface area contributed by atoms with Crippen LogP contribution in [0.2, 0.25) is 5.28 Å². The van der Waals surface area contributed by atoms with Crippen LogP contribution in [0.1, 0.15) is 65.7 Å². The second-order valence-electron chi connectivity index (χ2n) is 6.81. The maximum absolute atomic E-state index is 6.25. The molecule has 1 saturated carbocycles. The Labute approximate surface area is 109 Å². The highest BCUT2D eigenvalue weighted by molar-refractivity contribution is 6.28. The van der Waals surface area contributed by atoms with Gasteiger partial charge in [0.05, 0.1) is 0 Å². The van der Waals surface area contributed by atoms with Gasteiger partial charge < -0.3 is 0 Å². The second-order valence-corrected chi connectivity index (χ2v) is 7.15. The topological polar surface area (TPSA) is 30.7 Å². The fourth-order valence-electron chi connectivity index (χ4n) is 2.85.